The maximum atomic E-state index is 13.1. The average Bonchev–Trinajstić information content (AvgIpc) is 0.945. The molecule has 19 heteroatoms. The average molecular weight is 1440 g/mol. The molecule has 0 amide bonds. The topological polar surface area (TPSA) is 237 Å². The highest BCUT2D eigenvalue weighted by Gasteiger charge is 2.30. The zero-order chi connectivity index (χ0) is 73.2. The molecule has 0 aromatic heterocycles. The van der Waals surface area contributed by atoms with Crippen LogP contribution in [0.15, 0.2) is 134 Å². The number of phosphoric ester groups is 2. The molecule has 5 unspecified atom stereocenters. The number of phosphoric acid groups is 2. The van der Waals surface area contributed by atoms with Crippen molar-refractivity contribution in [3.63, 3.8) is 0 Å². The van der Waals surface area contributed by atoms with Gasteiger partial charge in [-0.15, -0.1) is 0 Å². The Kier molecular flexibility index (Phi) is 69.1. The lowest BCUT2D eigenvalue weighted by atomic mass is 10.1. The lowest BCUT2D eigenvalue weighted by Gasteiger charge is -2.21. The third-order valence-electron chi connectivity index (χ3n) is 15.6. The minimum atomic E-state index is -4.99. The Bertz CT molecular complexity index is 2420. The summed E-state index contributed by atoms with van der Waals surface area (Å²) in [6.07, 6.45) is 80.5. The van der Waals surface area contributed by atoms with Crippen molar-refractivity contribution in [3.05, 3.63) is 134 Å². The third kappa shape index (κ3) is 71.6. The molecular formula is C81H136O17P2. The smallest absolute Gasteiger partial charge is 0.462 e. The Labute approximate surface area is 605 Å². The molecule has 100 heavy (non-hydrogen) atoms. The third-order valence-corrected chi connectivity index (χ3v) is 17.5. The molecule has 0 aliphatic heterocycles. The fraction of sp³-hybridized carbons (Fsp3) is 0.679. The SMILES string of the molecule is CC/C=C\C/C=C\C/C=C\C/C=C\C/C=C\CC(=O)OCC(COP(=O)(O)OCC(O)COP(=O)(O)OCC(COC(=O)CCCCCCCC/C=C\C/C=C\C/C=C\CCCCC)OC(=O)CCCCCCC/C=C\C/C=C\C/C=C\CC)OC(=O)CCCCCCCCCCCCC. The van der Waals surface area contributed by atoms with Crippen molar-refractivity contribution in [2.24, 2.45) is 0 Å². The zero-order valence-corrected chi connectivity index (χ0v) is 64.1. The molecule has 0 bridgehead atoms. The summed E-state index contributed by atoms with van der Waals surface area (Å²) in [6, 6.07) is 0. The molecule has 0 heterocycles. The second kappa shape index (κ2) is 72.5. The predicted octanol–water partition coefficient (Wildman–Crippen LogP) is 22.1. The van der Waals surface area contributed by atoms with E-state index in [-0.39, 0.29) is 25.7 Å². The normalized spacial score (nSPS) is 14.7. The van der Waals surface area contributed by atoms with Gasteiger partial charge in [-0.25, -0.2) is 9.13 Å². The van der Waals surface area contributed by atoms with Gasteiger partial charge in [-0.3, -0.25) is 37.3 Å². The van der Waals surface area contributed by atoms with E-state index in [1.807, 2.05) is 18.2 Å². The van der Waals surface area contributed by atoms with Crippen molar-refractivity contribution in [2.75, 3.05) is 39.6 Å². The van der Waals surface area contributed by atoms with Crippen LogP contribution in [-0.4, -0.2) is 96.7 Å². The number of hydrogen-bond donors (Lipinski definition) is 3. The molecule has 5 atom stereocenters. The van der Waals surface area contributed by atoms with Crippen LogP contribution in [0.5, 0.6) is 0 Å². The van der Waals surface area contributed by atoms with E-state index >= 15 is 0 Å². The van der Waals surface area contributed by atoms with Crippen LogP contribution in [0.4, 0.5) is 0 Å². The van der Waals surface area contributed by atoms with E-state index in [0.717, 1.165) is 161 Å². The number of carbonyl (C=O) groups excluding carboxylic acids is 4. The van der Waals surface area contributed by atoms with Gasteiger partial charge in [0, 0.05) is 19.3 Å². The van der Waals surface area contributed by atoms with Crippen molar-refractivity contribution in [1.82, 2.24) is 0 Å². The maximum absolute atomic E-state index is 13.1. The van der Waals surface area contributed by atoms with E-state index < -0.39 is 97.5 Å². The molecular weight excluding hydrogens is 1310 g/mol. The van der Waals surface area contributed by atoms with Crippen LogP contribution >= 0.6 is 15.6 Å². The van der Waals surface area contributed by atoms with Crippen LogP contribution in [0.3, 0.4) is 0 Å². The highest BCUT2D eigenvalue weighted by atomic mass is 31.2. The van der Waals surface area contributed by atoms with Gasteiger partial charge in [-0.2, -0.15) is 0 Å². The van der Waals surface area contributed by atoms with Crippen LogP contribution in [0.1, 0.15) is 297 Å². The summed E-state index contributed by atoms with van der Waals surface area (Å²) in [5.41, 5.74) is 0. The lowest BCUT2D eigenvalue weighted by Crippen LogP contribution is -2.30. The van der Waals surface area contributed by atoms with Crippen molar-refractivity contribution >= 4 is 39.5 Å². The number of aliphatic hydroxyl groups excluding tert-OH is 1. The number of carbonyl (C=O) groups is 4. The summed E-state index contributed by atoms with van der Waals surface area (Å²) >= 11 is 0. The lowest BCUT2D eigenvalue weighted by molar-refractivity contribution is -0.161. The van der Waals surface area contributed by atoms with Crippen LogP contribution in [0.2, 0.25) is 0 Å². The van der Waals surface area contributed by atoms with Crippen molar-refractivity contribution in [2.45, 2.75) is 316 Å². The summed E-state index contributed by atoms with van der Waals surface area (Å²) in [4.78, 5) is 72.8. The predicted molar refractivity (Wildman–Crippen MR) is 408 cm³/mol. The van der Waals surface area contributed by atoms with E-state index in [1.165, 1.54) is 57.8 Å². The highest BCUT2D eigenvalue weighted by molar-refractivity contribution is 7.47. The van der Waals surface area contributed by atoms with Crippen molar-refractivity contribution < 1.29 is 80.2 Å². The molecule has 0 aromatic carbocycles. The van der Waals surface area contributed by atoms with E-state index in [0.29, 0.717) is 25.7 Å². The summed E-state index contributed by atoms with van der Waals surface area (Å²) in [7, 11) is -9.98. The summed E-state index contributed by atoms with van der Waals surface area (Å²) in [6.45, 7) is 4.46. The van der Waals surface area contributed by atoms with Crippen LogP contribution in [0, 0.1) is 0 Å². The number of unbranched alkanes of at least 4 members (excludes halogenated alkanes) is 24. The maximum Gasteiger partial charge on any atom is 0.472 e. The first-order valence-electron chi connectivity index (χ1n) is 38.4. The van der Waals surface area contributed by atoms with E-state index in [2.05, 4.69) is 137 Å². The second-order valence-electron chi connectivity index (χ2n) is 25.2. The van der Waals surface area contributed by atoms with Crippen LogP contribution < -0.4 is 0 Å². The zero-order valence-electron chi connectivity index (χ0n) is 62.3. The minimum Gasteiger partial charge on any atom is -0.462 e. The number of esters is 4. The molecule has 0 fully saturated rings. The molecule has 3 N–H and O–H groups in total. The van der Waals surface area contributed by atoms with E-state index in [1.54, 1.807) is 6.08 Å². The first kappa shape index (κ1) is 95.2. The summed E-state index contributed by atoms with van der Waals surface area (Å²) < 4.78 is 68.3. The summed E-state index contributed by atoms with van der Waals surface area (Å²) in [5.74, 6) is -2.35. The quantitative estimate of drug-likeness (QED) is 0.0169. The minimum absolute atomic E-state index is 0.0676. The first-order chi connectivity index (χ1) is 48.7. The second-order valence-corrected chi connectivity index (χ2v) is 28.1. The molecule has 572 valence electrons. The van der Waals surface area contributed by atoms with Gasteiger partial charge in [0.15, 0.2) is 12.2 Å². The Hall–Kier alpha value is -4.80. The monoisotopic (exact) mass is 1440 g/mol. The van der Waals surface area contributed by atoms with E-state index in [4.69, 9.17) is 37.0 Å². The molecule has 0 saturated heterocycles. The molecule has 17 nitrogen and oxygen atoms in total. The number of rotatable bonds is 71. The van der Waals surface area contributed by atoms with Gasteiger partial charge in [0.25, 0.3) is 0 Å². The number of aliphatic hydroxyl groups is 1. The molecule has 0 aliphatic rings. The van der Waals surface area contributed by atoms with Gasteiger partial charge in [0.05, 0.1) is 32.8 Å². The largest absolute Gasteiger partial charge is 0.472 e. The Morgan fingerprint density at radius 3 is 0.910 bits per heavy atom. The molecule has 0 spiro atoms. The number of ether oxygens (including phenoxy) is 4. The van der Waals surface area contributed by atoms with Gasteiger partial charge in [0.2, 0.25) is 0 Å². The van der Waals surface area contributed by atoms with Gasteiger partial charge in [-0.1, -0.05) is 283 Å². The highest BCUT2D eigenvalue weighted by Crippen LogP contribution is 2.45. The number of allylic oxidation sites excluding steroid dienone is 21. The van der Waals surface area contributed by atoms with Gasteiger partial charge in [0.1, 0.15) is 19.3 Å². The molecule has 0 rings (SSSR count). The van der Waals surface area contributed by atoms with Crippen LogP contribution in [0.25, 0.3) is 0 Å². The van der Waals surface area contributed by atoms with Gasteiger partial charge < -0.3 is 33.8 Å². The van der Waals surface area contributed by atoms with Crippen LogP contribution in [-0.2, 0) is 65.4 Å². The number of hydrogen-bond acceptors (Lipinski definition) is 15. The van der Waals surface area contributed by atoms with Gasteiger partial charge in [-0.05, 0) is 122 Å². The van der Waals surface area contributed by atoms with E-state index in [9.17, 15) is 43.2 Å². The molecule has 0 aromatic rings. The Balaban J connectivity index is 5.41. The Morgan fingerprint density at radius 2 is 0.560 bits per heavy atom. The molecule has 0 saturated carbocycles. The Morgan fingerprint density at radius 1 is 0.300 bits per heavy atom. The summed E-state index contributed by atoms with van der Waals surface area (Å²) in [5, 5.41) is 10.6. The molecule has 0 radical (unpaired) electrons. The van der Waals surface area contributed by atoms with Crippen molar-refractivity contribution in [1.29, 1.82) is 0 Å². The standard InChI is InChI=1S/C81H136O17P2/c1-5-9-13-17-21-25-29-32-35-36-37-38-41-43-47-50-54-58-62-66-79(84)92-72-77(98-81(86)68-64-60-56-52-48-44-40-34-31-27-23-19-15-11-7-3)74-96-100(89,90)94-70-75(82)69-93-99(87,88)95-73-76(97-80(85)67-63-59-55-51-45-28-24-20-16-12-8-4)71-91-78(83)65-61-57-53-49-46-42-39-33-30-26-22-18-14-10-6-2/h10-11,14-15,21-23,25-27,32-35,37-40,46,49,57,61,75-77,82H,5-9,12-13,16-20,24,28-31,36,41-45,47-48,50-56,58-60,62-74H2,1-4H3,(H,87,88)(H,89,90)/b14-10-,15-11-,25-21-,26-22-,27-23-,35-32-,38-37-,39-33-,40-34-,49-46-,61-57-. The van der Waals surface area contributed by atoms with Gasteiger partial charge >= 0.3 is 39.5 Å². The first-order valence-corrected chi connectivity index (χ1v) is 41.4. The fourth-order valence-electron chi connectivity index (χ4n) is 9.84. The fourth-order valence-corrected chi connectivity index (χ4v) is 11.4. The van der Waals surface area contributed by atoms with Crippen molar-refractivity contribution in [3.8, 4) is 0 Å². The molecule has 0 aliphatic carbocycles.